The van der Waals surface area contributed by atoms with Crippen LogP contribution in [0.2, 0.25) is 0 Å². The lowest BCUT2D eigenvalue weighted by molar-refractivity contribution is 0.314. The third-order valence-electron chi connectivity index (χ3n) is 1.46. The minimum atomic E-state index is 0.334. The number of rotatable bonds is 4. The van der Waals surface area contributed by atoms with E-state index in [0.717, 1.165) is 5.69 Å². The van der Waals surface area contributed by atoms with Gasteiger partial charge in [0, 0.05) is 18.2 Å². The summed E-state index contributed by atoms with van der Waals surface area (Å²) in [6, 6.07) is 1.72. The summed E-state index contributed by atoms with van der Waals surface area (Å²) in [6.45, 7) is 2.27. The first kappa shape index (κ1) is 10.3. The van der Waals surface area contributed by atoms with Crippen LogP contribution in [0.1, 0.15) is 12.1 Å². The van der Waals surface area contributed by atoms with E-state index in [0.29, 0.717) is 24.9 Å². The summed E-state index contributed by atoms with van der Waals surface area (Å²) in [5, 5.41) is 0. The first-order valence-corrected chi connectivity index (χ1v) is 4.15. The van der Waals surface area contributed by atoms with Gasteiger partial charge in [-0.05, 0) is 6.92 Å². The molecule has 0 spiro atoms. The number of ether oxygens (including phenoxy) is 1. The highest BCUT2D eigenvalue weighted by molar-refractivity contribution is 5.28. The maximum absolute atomic E-state index is 5.28. The Morgan fingerprint density at radius 2 is 2.43 bits per heavy atom. The number of hydrogen-bond donors (Lipinski definition) is 2. The van der Waals surface area contributed by atoms with E-state index in [2.05, 4.69) is 21.3 Å². The predicted octanol–water partition coefficient (Wildman–Crippen LogP) is 0.473. The molecule has 0 amide bonds. The molecule has 1 aromatic rings. The van der Waals surface area contributed by atoms with Crippen molar-refractivity contribution in [2.45, 2.75) is 13.3 Å². The van der Waals surface area contributed by atoms with Crippen LogP contribution in [0, 0.1) is 19.3 Å². The lowest BCUT2D eigenvalue weighted by Crippen LogP contribution is -2.12. The van der Waals surface area contributed by atoms with E-state index in [9.17, 15) is 0 Å². The summed E-state index contributed by atoms with van der Waals surface area (Å²) in [7, 11) is 0. The highest BCUT2D eigenvalue weighted by atomic mass is 16.5. The summed E-state index contributed by atoms with van der Waals surface area (Å²) in [4.78, 5) is 8.00. The summed E-state index contributed by atoms with van der Waals surface area (Å²) in [5.41, 5.74) is 3.14. The first-order valence-electron chi connectivity index (χ1n) is 4.15. The summed E-state index contributed by atoms with van der Waals surface area (Å²) < 4.78 is 5.28. The van der Waals surface area contributed by atoms with Gasteiger partial charge in [0.15, 0.2) is 0 Å². The Kier molecular flexibility index (Phi) is 3.70. The number of terminal acetylenes is 1. The van der Waals surface area contributed by atoms with Gasteiger partial charge >= 0.3 is 0 Å². The van der Waals surface area contributed by atoms with Crippen LogP contribution in [0.3, 0.4) is 0 Å². The number of hydrogen-bond acceptors (Lipinski definition) is 5. The van der Waals surface area contributed by atoms with E-state index in [1.807, 2.05) is 6.92 Å². The molecule has 0 bridgehead atoms. The second-order valence-electron chi connectivity index (χ2n) is 2.62. The van der Waals surface area contributed by atoms with Crippen LogP contribution in [-0.4, -0.2) is 16.6 Å². The van der Waals surface area contributed by atoms with Gasteiger partial charge < -0.3 is 4.74 Å². The second kappa shape index (κ2) is 5.04. The molecule has 5 nitrogen and oxygen atoms in total. The minimum absolute atomic E-state index is 0.334. The third kappa shape index (κ3) is 2.92. The number of aryl methyl sites for hydroxylation is 1. The van der Waals surface area contributed by atoms with Gasteiger partial charge in [0.05, 0.1) is 0 Å². The van der Waals surface area contributed by atoms with Crippen molar-refractivity contribution in [2.24, 2.45) is 5.84 Å². The fraction of sp³-hybridized carbons (Fsp3) is 0.333. The number of nitrogen functional groups attached to an aromatic ring is 1. The van der Waals surface area contributed by atoms with Gasteiger partial charge in [-0.15, -0.1) is 12.3 Å². The molecule has 0 unspecified atom stereocenters. The van der Waals surface area contributed by atoms with Crippen molar-refractivity contribution >= 4 is 5.95 Å². The average Bonchev–Trinajstić information content (AvgIpc) is 2.17. The van der Waals surface area contributed by atoms with Crippen LogP contribution in [0.25, 0.3) is 0 Å². The molecule has 14 heavy (non-hydrogen) atoms. The summed E-state index contributed by atoms with van der Waals surface area (Å²) in [5.74, 6) is 8.46. The quantitative estimate of drug-likeness (QED) is 0.314. The fourth-order valence-electron chi connectivity index (χ4n) is 0.893. The van der Waals surface area contributed by atoms with E-state index >= 15 is 0 Å². The monoisotopic (exact) mass is 192 g/mol. The fourth-order valence-corrected chi connectivity index (χ4v) is 0.893. The highest BCUT2D eigenvalue weighted by Gasteiger charge is 2.00. The number of nitrogens with two attached hydrogens (primary N) is 1. The van der Waals surface area contributed by atoms with E-state index in [1.165, 1.54) is 0 Å². The zero-order valence-corrected chi connectivity index (χ0v) is 7.95. The molecule has 74 valence electrons. The topological polar surface area (TPSA) is 73.1 Å². The summed E-state index contributed by atoms with van der Waals surface area (Å²) >= 11 is 0. The van der Waals surface area contributed by atoms with Crippen molar-refractivity contribution in [3.63, 3.8) is 0 Å². The van der Waals surface area contributed by atoms with Gasteiger partial charge in [0.1, 0.15) is 6.61 Å². The molecule has 0 aliphatic carbocycles. The zero-order valence-electron chi connectivity index (χ0n) is 7.95. The van der Waals surface area contributed by atoms with Gasteiger partial charge in [-0.1, -0.05) is 0 Å². The molecule has 1 heterocycles. The Morgan fingerprint density at radius 3 is 3.07 bits per heavy atom. The SMILES string of the molecule is C#CCCOc1cc(C)nc(NN)n1. The first-order chi connectivity index (χ1) is 6.76. The number of nitrogens with one attached hydrogen (secondary N) is 1. The Morgan fingerprint density at radius 1 is 1.64 bits per heavy atom. The molecule has 0 radical (unpaired) electrons. The van der Waals surface area contributed by atoms with E-state index in [-0.39, 0.29) is 0 Å². The smallest absolute Gasteiger partial charge is 0.240 e. The molecule has 3 N–H and O–H groups in total. The Hall–Kier alpha value is -1.80. The number of nitrogens with zero attached hydrogens (tertiary/aromatic N) is 2. The second-order valence-corrected chi connectivity index (χ2v) is 2.62. The van der Waals surface area contributed by atoms with E-state index in [1.54, 1.807) is 6.07 Å². The van der Waals surface area contributed by atoms with Gasteiger partial charge in [0.25, 0.3) is 0 Å². The molecular formula is C9H12N4O. The summed E-state index contributed by atoms with van der Waals surface area (Å²) in [6.07, 6.45) is 5.63. The van der Waals surface area contributed by atoms with E-state index in [4.69, 9.17) is 17.0 Å². The van der Waals surface area contributed by atoms with Gasteiger partial charge in [-0.2, -0.15) is 4.98 Å². The van der Waals surface area contributed by atoms with Crippen molar-refractivity contribution in [2.75, 3.05) is 12.0 Å². The van der Waals surface area contributed by atoms with Crippen molar-refractivity contribution in [1.29, 1.82) is 0 Å². The van der Waals surface area contributed by atoms with Gasteiger partial charge in [0.2, 0.25) is 11.8 Å². The molecule has 5 heteroatoms. The number of aromatic nitrogens is 2. The molecule has 0 fully saturated rings. The van der Waals surface area contributed by atoms with Crippen molar-refractivity contribution in [3.05, 3.63) is 11.8 Å². The van der Waals surface area contributed by atoms with Crippen molar-refractivity contribution in [1.82, 2.24) is 9.97 Å². The number of anilines is 1. The van der Waals surface area contributed by atoms with Crippen LogP contribution in [-0.2, 0) is 0 Å². The largest absolute Gasteiger partial charge is 0.477 e. The van der Waals surface area contributed by atoms with Crippen molar-refractivity contribution in [3.8, 4) is 18.2 Å². The third-order valence-corrected chi connectivity index (χ3v) is 1.46. The Bertz CT molecular complexity index is 345. The van der Waals surface area contributed by atoms with Crippen LogP contribution in [0.4, 0.5) is 5.95 Å². The van der Waals surface area contributed by atoms with Gasteiger partial charge in [-0.25, -0.2) is 10.8 Å². The van der Waals surface area contributed by atoms with E-state index < -0.39 is 0 Å². The molecule has 0 saturated heterocycles. The lowest BCUT2D eigenvalue weighted by atomic mass is 10.4. The van der Waals surface area contributed by atoms with Crippen LogP contribution in [0.15, 0.2) is 6.07 Å². The molecule has 1 aromatic heterocycles. The normalized spacial score (nSPS) is 9.21. The van der Waals surface area contributed by atoms with Gasteiger partial charge in [-0.3, -0.25) is 5.43 Å². The average molecular weight is 192 g/mol. The molecule has 0 aliphatic heterocycles. The van der Waals surface area contributed by atoms with Crippen molar-refractivity contribution < 1.29 is 4.74 Å². The standard InChI is InChI=1S/C9H12N4O/c1-3-4-5-14-8-6-7(2)11-9(12-8)13-10/h1,6H,4-5,10H2,2H3,(H,11,12,13). The maximum atomic E-state index is 5.28. The molecule has 0 saturated carbocycles. The Balaban J connectivity index is 2.67. The predicted molar refractivity (Wildman–Crippen MR) is 53.5 cm³/mol. The highest BCUT2D eigenvalue weighted by Crippen LogP contribution is 2.10. The van der Waals surface area contributed by atoms with Crippen LogP contribution < -0.4 is 16.0 Å². The Labute approximate surface area is 82.7 Å². The molecule has 0 aromatic carbocycles. The molecule has 0 atom stereocenters. The van der Waals surface area contributed by atoms with Crippen LogP contribution in [0.5, 0.6) is 5.88 Å². The molecule has 1 rings (SSSR count). The number of hydrazine groups is 1. The molecular weight excluding hydrogens is 180 g/mol. The minimum Gasteiger partial charge on any atom is -0.477 e. The van der Waals surface area contributed by atoms with Crippen LogP contribution >= 0.6 is 0 Å². The molecule has 0 aliphatic rings. The lowest BCUT2D eigenvalue weighted by Gasteiger charge is -2.05. The zero-order chi connectivity index (χ0) is 10.4. The maximum Gasteiger partial charge on any atom is 0.240 e.